The molecule has 143 heavy (non-hydrogen) atoms. The molecule has 0 saturated carbocycles. The summed E-state index contributed by atoms with van der Waals surface area (Å²) in [5.74, 6) is 5.68. The van der Waals surface area contributed by atoms with E-state index in [2.05, 4.69) is 41.0 Å². The van der Waals surface area contributed by atoms with Gasteiger partial charge in [-0.25, -0.2) is 15.0 Å². The lowest BCUT2D eigenvalue weighted by atomic mass is 9.97. The fraction of sp³-hybridized carbons (Fsp3) is 0.339. The topological polar surface area (TPSA) is 282 Å². The maximum absolute atomic E-state index is 13.0. The number of thiophene rings is 1. The maximum Gasteiger partial charge on any atom is 0.263 e. The van der Waals surface area contributed by atoms with E-state index in [1.54, 1.807) is 50.3 Å². The third kappa shape index (κ3) is 20.3. The van der Waals surface area contributed by atoms with Crippen LogP contribution >= 0.6 is 69.3 Å². The van der Waals surface area contributed by atoms with E-state index in [0.29, 0.717) is 74.3 Å². The van der Waals surface area contributed by atoms with Crippen molar-refractivity contribution in [2.75, 3.05) is 79.7 Å². The molecule has 5 atom stereocenters. The van der Waals surface area contributed by atoms with Crippen molar-refractivity contribution in [3.8, 4) is 95.9 Å². The molecule has 3 N–H and O–H groups in total. The third-order valence-electron chi connectivity index (χ3n) is 28.6. The second-order valence-electron chi connectivity index (χ2n) is 37.8. The number of aromatic amines is 2. The maximum atomic E-state index is 13.0. The zero-order chi connectivity index (χ0) is 98.0. The SMILES string of the molecule is COc1ccc2c(-c3cc(Cl)cc4c3OC(C(=O)N3CCCCC3)C4)ccnc2c1.COc1ccc2nccc(-c3cc(Cl)cc4c3OC(C(=O)N3CCCCC3)C4)c2c1.O=C(C1Cc2cc(Cl)cc(-c3ccnc4[nH]c(CO)cc34)c2O1)N1CCCCC1.O=C(C1Cc2cc(Cl)cc(-c3ccnc4[nH]ccc34)c2O1)N1CCCCC1.O=C(C1Cc2cc(Cl)cc(-c3ccnc4sccc34)c2O1)N1CCCCC1. The first-order valence-corrected chi connectivity index (χ1v) is 52.2. The summed E-state index contributed by atoms with van der Waals surface area (Å²) in [6.45, 7) is 8.13. The van der Waals surface area contributed by atoms with Crippen molar-refractivity contribution in [1.29, 1.82) is 0 Å². The van der Waals surface area contributed by atoms with E-state index in [-0.39, 0.29) is 36.1 Å². The van der Waals surface area contributed by atoms with Crippen LogP contribution < -0.4 is 33.2 Å². The lowest BCUT2D eigenvalue weighted by molar-refractivity contribution is -0.139. The van der Waals surface area contributed by atoms with E-state index < -0.39 is 30.5 Å². The number of aliphatic hydroxyl groups is 1. The number of carbonyl (C=O) groups excluding carboxylic acids is 5. The van der Waals surface area contributed by atoms with E-state index in [4.69, 9.17) is 91.2 Å². The van der Waals surface area contributed by atoms with Crippen LogP contribution in [0.1, 0.15) is 130 Å². The summed E-state index contributed by atoms with van der Waals surface area (Å²) in [5.41, 5.74) is 18.2. The first-order valence-electron chi connectivity index (χ1n) is 49.4. The molecule has 25 nitrogen and oxygen atoms in total. The predicted molar refractivity (Wildman–Crippen MR) is 559 cm³/mol. The molecule has 5 fully saturated rings. The van der Waals surface area contributed by atoms with Crippen LogP contribution in [0.4, 0.5) is 0 Å². The van der Waals surface area contributed by atoms with Crippen molar-refractivity contribution < 1.29 is 62.2 Å². The highest BCUT2D eigenvalue weighted by molar-refractivity contribution is 7.16. The summed E-state index contributed by atoms with van der Waals surface area (Å²) in [4.78, 5) is 104. The van der Waals surface area contributed by atoms with Gasteiger partial charge in [0.05, 0.1) is 31.9 Å². The molecule has 0 spiro atoms. The number of hydrogen-bond donors (Lipinski definition) is 3. The molecule has 0 bridgehead atoms. The van der Waals surface area contributed by atoms with Crippen molar-refractivity contribution >= 4 is 153 Å². The monoisotopic (exact) mass is 2030 g/mol. The molecule has 0 aliphatic carbocycles. The molecular weight excluding hydrogens is 1930 g/mol. The zero-order valence-corrected chi connectivity index (χ0v) is 83.9. The predicted octanol–water partition coefficient (Wildman–Crippen LogP) is 22.6. The lowest BCUT2D eigenvalue weighted by Crippen LogP contribution is -2.43. The second-order valence-corrected chi connectivity index (χ2v) is 40.9. The Kier molecular flexibility index (Phi) is 28.7. The van der Waals surface area contributed by atoms with E-state index in [0.717, 1.165) is 296 Å². The van der Waals surface area contributed by atoms with Gasteiger partial charge >= 0.3 is 0 Å². The normalized spacial score (nSPS) is 18.7. The van der Waals surface area contributed by atoms with Crippen molar-refractivity contribution in [1.82, 2.24) is 59.4 Å². The van der Waals surface area contributed by atoms with E-state index in [1.807, 2.05) is 182 Å². The van der Waals surface area contributed by atoms with Gasteiger partial charge in [-0.05, 0) is 269 Å². The number of fused-ring (bicyclic) bond motifs is 10. The van der Waals surface area contributed by atoms with Crippen LogP contribution in [0.3, 0.4) is 0 Å². The highest BCUT2D eigenvalue weighted by Gasteiger charge is 2.42. The number of rotatable bonds is 13. The minimum Gasteiger partial charge on any atom is -0.497 e. The summed E-state index contributed by atoms with van der Waals surface area (Å²) in [6.07, 6.45) is 27.7. The molecule has 15 aromatic rings. The summed E-state index contributed by atoms with van der Waals surface area (Å²) >= 11 is 33.8. The van der Waals surface area contributed by atoms with Gasteiger partial charge in [-0.1, -0.05) is 58.0 Å². The van der Waals surface area contributed by atoms with Crippen molar-refractivity contribution in [3.05, 3.63) is 247 Å². The summed E-state index contributed by atoms with van der Waals surface area (Å²) in [5, 5.41) is 19.6. The van der Waals surface area contributed by atoms with Gasteiger partial charge < -0.3 is 72.7 Å². The van der Waals surface area contributed by atoms with Gasteiger partial charge in [0, 0.05) is 254 Å². The van der Waals surface area contributed by atoms with Crippen LogP contribution in [0.15, 0.2) is 188 Å². The fourth-order valence-corrected chi connectivity index (χ4v) is 23.5. The lowest BCUT2D eigenvalue weighted by Gasteiger charge is -2.28. The molecule has 10 aliphatic rings. The number of nitrogens with one attached hydrogen (secondary N) is 2. The largest absolute Gasteiger partial charge is 0.497 e. The van der Waals surface area contributed by atoms with Crippen molar-refractivity contribution in [2.24, 2.45) is 0 Å². The molecule has 10 aliphatic heterocycles. The molecule has 0 radical (unpaired) electrons. The minimum absolute atomic E-state index is 0.0621. The average molecular weight is 2040 g/mol. The van der Waals surface area contributed by atoms with E-state index >= 15 is 0 Å². The van der Waals surface area contributed by atoms with Gasteiger partial charge in [-0.3, -0.25) is 33.9 Å². The van der Waals surface area contributed by atoms with Crippen LogP contribution in [-0.4, -0.2) is 204 Å². The molecule has 31 heteroatoms. The van der Waals surface area contributed by atoms with Gasteiger partial charge in [-0.2, -0.15) is 0 Å². The molecule has 5 unspecified atom stereocenters. The van der Waals surface area contributed by atoms with E-state index in [9.17, 15) is 29.1 Å². The third-order valence-corrected chi connectivity index (χ3v) is 30.5. The van der Waals surface area contributed by atoms with Crippen LogP contribution in [0.2, 0.25) is 25.1 Å². The Morgan fingerprint density at radius 1 is 0.336 bits per heavy atom. The molecule has 5 saturated heterocycles. The Morgan fingerprint density at radius 3 is 1.05 bits per heavy atom. The molecule has 25 rings (SSSR count). The molecule has 734 valence electrons. The number of H-pyrrole nitrogens is 2. The van der Waals surface area contributed by atoms with Gasteiger partial charge in [0.25, 0.3) is 29.5 Å². The highest BCUT2D eigenvalue weighted by atomic mass is 35.5. The fourth-order valence-electron chi connectivity index (χ4n) is 21.6. The molecule has 8 aromatic heterocycles. The zero-order valence-electron chi connectivity index (χ0n) is 79.3. The van der Waals surface area contributed by atoms with Crippen molar-refractivity contribution in [2.45, 2.75) is 166 Å². The Labute approximate surface area is 856 Å². The smallest absolute Gasteiger partial charge is 0.263 e. The Balaban J connectivity index is 0.000000106. The van der Waals surface area contributed by atoms with Crippen LogP contribution in [0, 0.1) is 0 Å². The van der Waals surface area contributed by atoms with Crippen LogP contribution in [-0.2, 0) is 62.7 Å². The van der Waals surface area contributed by atoms with Gasteiger partial charge in [0.15, 0.2) is 30.5 Å². The number of aliphatic hydroxyl groups excluding tert-OH is 1. The Bertz CT molecular complexity index is 7230. The van der Waals surface area contributed by atoms with Gasteiger partial charge in [0.2, 0.25) is 0 Å². The highest BCUT2D eigenvalue weighted by Crippen LogP contribution is 2.51. The van der Waals surface area contributed by atoms with Gasteiger partial charge in [-0.15, -0.1) is 11.3 Å². The average Bonchev–Trinajstić information content (AvgIpc) is 1.68. The van der Waals surface area contributed by atoms with Crippen molar-refractivity contribution in [3.63, 3.8) is 0 Å². The number of piperidine rings is 5. The number of ether oxygens (including phenoxy) is 7. The number of likely N-dealkylation sites (tertiary alicyclic amines) is 5. The van der Waals surface area contributed by atoms with Crippen LogP contribution in [0.5, 0.6) is 40.2 Å². The van der Waals surface area contributed by atoms with E-state index in [1.165, 1.54) is 32.1 Å². The number of methoxy groups -OCH3 is 2. The molecule has 18 heterocycles. The number of halogens is 5. The first-order chi connectivity index (χ1) is 69.8. The standard InChI is InChI=1S/2C24H23ClN2O3.C22H22ClN3O3.C21H20ClN3O2.C21H19ClN2O2S/c1-29-17-5-6-21-19(14-17)18(7-8-26-21)20-13-16(25)11-15-12-22(30-23(15)20)24(28)27-9-3-2-4-10-27;1-29-17-5-6-19-18(7-8-26-21(19)14-17)20-13-16(25)11-15-12-22(30-23(15)20)24(28)27-9-3-2-4-10-27;23-14-8-13-9-19(22(28)26-6-2-1-3-7-26)29-20(13)17(10-14)16-4-5-24-21-18(16)11-15(12-27)25-21;22-14-10-13-11-18(21(26)25-8-2-1-3-9-25)27-19(13)17(12-14)15-4-6-23-20-16(15)5-7-24-20;22-14-10-13-11-18(21(25)24-7-2-1-3-8-24)26-19(13)17(12-14)15-4-6-23-20-16(15)5-9-27-20/h2*5-8,11,13-14,22H,2-4,9-10,12H2,1H3;4-5,8,10-11,19,27H,1-3,6-7,9,12H2,(H,24,25);4-7,10,12,18H,1-3,8-9,11H2,(H,23,24);4-6,9-10,12,18H,1-3,7-8,11H2. The van der Waals surface area contributed by atoms with Crippen LogP contribution in [0.25, 0.3) is 110 Å². The first kappa shape index (κ1) is 96.3. The number of benzene rings is 7. The number of nitrogens with zero attached hydrogens (tertiary/aromatic N) is 10. The number of hydrogen-bond acceptors (Lipinski definition) is 19. The number of carbonyl (C=O) groups is 5. The number of aromatic nitrogens is 7. The quantitative estimate of drug-likeness (QED) is 0.0967. The summed E-state index contributed by atoms with van der Waals surface area (Å²) in [6, 6.07) is 46.4. The Hall–Kier alpha value is -12.8. The molecule has 7 aromatic carbocycles. The Morgan fingerprint density at radius 2 is 0.664 bits per heavy atom. The van der Waals surface area contributed by atoms with Gasteiger partial charge in [0.1, 0.15) is 56.4 Å². The summed E-state index contributed by atoms with van der Waals surface area (Å²) in [7, 11) is 3.29. The second kappa shape index (κ2) is 42.6. The minimum atomic E-state index is -0.503. The summed E-state index contributed by atoms with van der Waals surface area (Å²) < 4.78 is 41.9. The number of pyridine rings is 5. The number of amides is 5. The molecule has 5 amide bonds. The molecular formula is C112H107Cl5N12O13S.